The van der Waals surface area contributed by atoms with Gasteiger partial charge in [0.25, 0.3) is 5.91 Å². The van der Waals surface area contributed by atoms with Crippen LogP contribution >= 0.6 is 0 Å². The maximum absolute atomic E-state index is 12.4. The van der Waals surface area contributed by atoms with Crippen LogP contribution in [0.25, 0.3) is 22.4 Å². The van der Waals surface area contributed by atoms with E-state index in [0.29, 0.717) is 12.1 Å². The molecule has 1 N–H and O–H groups in total. The van der Waals surface area contributed by atoms with Crippen LogP contribution < -0.4 is 5.32 Å². The fourth-order valence-electron chi connectivity index (χ4n) is 2.94. The van der Waals surface area contributed by atoms with Gasteiger partial charge >= 0.3 is 0 Å². The van der Waals surface area contributed by atoms with Crippen LogP contribution in [-0.2, 0) is 6.54 Å². The highest BCUT2D eigenvalue weighted by Gasteiger charge is 2.06. The van der Waals surface area contributed by atoms with Crippen LogP contribution in [0.15, 0.2) is 97.5 Å². The quantitative estimate of drug-likeness (QED) is 0.556. The predicted molar refractivity (Wildman–Crippen MR) is 111 cm³/mol. The molecule has 0 fully saturated rings. The monoisotopic (exact) mass is 365 g/mol. The van der Waals surface area contributed by atoms with Crippen LogP contribution in [-0.4, -0.2) is 15.9 Å². The van der Waals surface area contributed by atoms with E-state index in [-0.39, 0.29) is 5.91 Å². The fraction of sp³-hybridized carbons (Fsp3) is 0.0417. The fourth-order valence-corrected chi connectivity index (χ4v) is 2.94. The van der Waals surface area contributed by atoms with Gasteiger partial charge in [-0.05, 0) is 47.0 Å². The van der Waals surface area contributed by atoms with Crippen molar-refractivity contribution in [2.45, 2.75) is 6.54 Å². The molecule has 0 radical (unpaired) electrons. The number of benzene rings is 2. The predicted octanol–water partition coefficient (Wildman–Crippen LogP) is 4.74. The molecule has 0 aliphatic heterocycles. The third-order valence-corrected chi connectivity index (χ3v) is 4.49. The molecule has 28 heavy (non-hydrogen) atoms. The first-order valence-corrected chi connectivity index (χ1v) is 9.08. The van der Waals surface area contributed by atoms with Crippen LogP contribution in [0.4, 0.5) is 0 Å². The second-order valence-corrected chi connectivity index (χ2v) is 6.42. The molecule has 0 saturated carbocycles. The molecule has 4 aromatic rings. The molecule has 4 nitrogen and oxygen atoms in total. The number of pyridine rings is 2. The first-order chi connectivity index (χ1) is 13.8. The van der Waals surface area contributed by atoms with Crippen molar-refractivity contribution in [3.05, 3.63) is 109 Å². The van der Waals surface area contributed by atoms with E-state index in [4.69, 9.17) is 0 Å². The third-order valence-electron chi connectivity index (χ3n) is 4.49. The van der Waals surface area contributed by atoms with Gasteiger partial charge in [-0.3, -0.25) is 14.8 Å². The van der Waals surface area contributed by atoms with Crippen LogP contribution in [0.3, 0.4) is 0 Å². The topological polar surface area (TPSA) is 54.9 Å². The van der Waals surface area contributed by atoms with Crippen molar-refractivity contribution in [2.75, 3.05) is 0 Å². The third kappa shape index (κ3) is 4.13. The number of hydrogen-bond donors (Lipinski definition) is 1. The summed E-state index contributed by atoms with van der Waals surface area (Å²) >= 11 is 0. The van der Waals surface area contributed by atoms with Gasteiger partial charge in [-0.2, -0.15) is 0 Å². The van der Waals surface area contributed by atoms with Gasteiger partial charge in [0.1, 0.15) is 0 Å². The van der Waals surface area contributed by atoms with E-state index >= 15 is 0 Å². The normalized spacial score (nSPS) is 10.4. The van der Waals surface area contributed by atoms with Gasteiger partial charge in [-0.1, -0.05) is 48.5 Å². The molecule has 0 bridgehead atoms. The van der Waals surface area contributed by atoms with Gasteiger partial charge in [0.2, 0.25) is 0 Å². The van der Waals surface area contributed by atoms with E-state index in [1.54, 1.807) is 18.6 Å². The summed E-state index contributed by atoms with van der Waals surface area (Å²) in [5, 5.41) is 2.94. The molecule has 0 saturated heterocycles. The highest BCUT2D eigenvalue weighted by atomic mass is 16.1. The number of amides is 1. The van der Waals surface area contributed by atoms with E-state index in [1.807, 2.05) is 66.7 Å². The Balaban J connectivity index is 1.38. The number of nitrogens with zero attached hydrogens (tertiary/aromatic N) is 2. The standard InChI is InChI=1S/C24H19N3O/c28-24(21-11-9-20(10-12-21)19-5-2-1-3-6-19)27-16-18-8-13-23(26-15-18)22-7-4-14-25-17-22/h1-15,17H,16H2,(H,27,28). The minimum atomic E-state index is -0.101. The van der Waals surface area contributed by atoms with Gasteiger partial charge in [0, 0.05) is 36.3 Å². The molecule has 0 atom stereocenters. The number of carbonyl (C=O) groups is 1. The number of nitrogens with one attached hydrogen (secondary N) is 1. The molecule has 0 aliphatic rings. The maximum Gasteiger partial charge on any atom is 0.251 e. The first-order valence-electron chi connectivity index (χ1n) is 9.08. The molecule has 1 amide bonds. The van der Waals surface area contributed by atoms with Crippen molar-refractivity contribution in [2.24, 2.45) is 0 Å². The van der Waals surface area contributed by atoms with E-state index in [2.05, 4.69) is 27.4 Å². The molecule has 2 aromatic heterocycles. The minimum Gasteiger partial charge on any atom is -0.348 e. The lowest BCUT2D eigenvalue weighted by Crippen LogP contribution is -2.22. The Kier molecular flexibility index (Phi) is 5.20. The van der Waals surface area contributed by atoms with Gasteiger partial charge in [0.05, 0.1) is 5.69 Å². The Morgan fingerprint density at radius 2 is 1.50 bits per heavy atom. The van der Waals surface area contributed by atoms with Crippen LogP contribution in [0.1, 0.15) is 15.9 Å². The Hall–Kier alpha value is -3.79. The summed E-state index contributed by atoms with van der Waals surface area (Å²) in [5.74, 6) is -0.101. The highest BCUT2D eigenvalue weighted by molar-refractivity contribution is 5.94. The van der Waals surface area contributed by atoms with Crippen molar-refractivity contribution in [3.63, 3.8) is 0 Å². The molecule has 2 aromatic carbocycles. The average molecular weight is 365 g/mol. The molecule has 0 unspecified atom stereocenters. The average Bonchev–Trinajstić information content (AvgIpc) is 2.79. The second-order valence-electron chi connectivity index (χ2n) is 6.42. The number of hydrogen-bond acceptors (Lipinski definition) is 3. The van der Waals surface area contributed by atoms with Crippen molar-refractivity contribution in [1.82, 2.24) is 15.3 Å². The number of carbonyl (C=O) groups excluding carboxylic acids is 1. The van der Waals surface area contributed by atoms with Gasteiger partial charge < -0.3 is 5.32 Å². The molecule has 136 valence electrons. The van der Waals surface area contributed by atoms with Crippen molar-refractivity contribution >= 4 is 5.91 Å². The molecule has 4 heteroatoms. The van der Waals surface area contributed by atoms with E-state index < -0.39 is 0 Å². The van der Waals surface area contributed by atoms with Crippen molar-refractivity contribution in [1.29, 1.82) is 0 Å². The van der Waals surface area contributed by atoms with E-state index in [9.17, 15) is 4.79 Å². The zero-order chi connectivity index (χ0) is 19.2. The molecule has 2 heterocycles. The Labute approximate surface area is 163 Å². The Bertz CT molecular complexity index is 1040. The highest BCUT2D eigenvalue weighted by Crippen LogP contribution is 2.19. The van der Waals surface area contributed by atoms with Crippen molar-refractivity contribution < 1.29 is 4.79 Å². The zero-order valence-corrected chi connectivity index (χ0v) is 15.2. The summed E-state index contributed by atoms with van der Waals surface area (Å²) in [4.78, 5) is 21.0. The summed E-state index contributed by atoms with van der Waals surface area (Å²) < 4.78 is 0. The second kappa shape index (κ2) is 8.27. The maximum atomic E-state index is 12.4. The Morgan fingerprint density at radius 1 is 0.750 bits per heavy atom. The summed E-state index contributed by atoms with van der Waals surface area (Å²) in [6.45, 7) is 0.430. The van der Waals surface area contributed by atoms with E-state index in [0.717, 1.165) is 27.9 Å². The summed E-state index contributed by atoms with van der Waals surface area (Å²) in [7, 11) is 0. The first kappa shape index (κ1) is 17.6. The van der Waals surface area contributed by atoms with Crippen molar-refractivity contribution in [3.8, 4) is 22.4 Å². The molecule has 0 spiro atoms. The van der Waals surface area contributed by atoms with Crippen LogP contribution in [0, 0.1) is 0 Å². The molecule has 4 rings (SSSR count). The number of rotatable bonds is 5. The lowest BCUT2D eigenvalue weighted by atomic mass is 10.0. The summed E-state index contributed by atoms with van der Waals surface area (Å²) in [5.41, 5.74) is 5.64. The molecule has 0 aliphatic carbocycles. The summed E-state index contributed by atoms with van der Waals surface area (Å²) in [6.07, 6.45) is 5.30. The minimum absolute atomic E-state index is 0.101. The lowest BCUT2D eigenvalue weighted by molar-refractivity contribution is 0.0951. The lowest BCUT2D eigenvalue weighted by Gasteiger charge is -2.07. The van der Waals surface area contributed by atoms with E-state index in [1.165, 1.54) is 0 Å². The number of aromatic nitrogens is 2. The molecular formula is C24H19N3O. The SMILES string of the molecule is O=C(NCc1ccc(-c2cccnc2)nc1)c1ccc(-c2ccccc2)cc1. The van der Waals surface area contributed by atoms with Gasteiger partial charge in [-0.15, -0.1) is 0 Å². The Morgan fingerprint density at radius 3 is 2.18 bits per heavy atom. The zero-order valence-electron chi connectivity index (χ0n) is 15.2. The smallest absolute Gasteiger partial charge is 0.251 e. The van der Waals surface area contributed by atoms with Gasteiger partial charge in [0.15, 0.2) is 0 Å². The van der Waals surface area contributed by atoms with Crippen LogP contribution in [0.5, 0.6) is 0 Å². The summed E-state index contributed by atoms with van der Waals surface area (Å²) in [6, 6.07) is 25.5. The molecular weight excluding hydrogens is 346 g/mol. The largest absolute Gasteiger partial charge is 0.348 e. The van der Waals surface area contributed by atoms with Gasteiger partial charge in [-0.25, -0.2) is 0 Å². The van der Waals surface area contributed by atoms with Crippen LogP contribution in [0.2, 0.25) is 0 Å².